The van der Waals surface area contributed by atoms with Crippen LogP contribution in [0.1, 0.15) is 16.7 Å². The van der Waals surface area contributed by atoms with Gasteiger partial charge in [-0.1, -0.05) is 12.1 Å². The number of nitrogens with two attached hydrogens (primary N) is 1. The second-order valence-electron chi connectivity index (χ2n) is 4.37. The van der Waals surface area contributed by atoms with Gasteiger partial charge in [0.2, 0.25) is 0 Å². The monoisotopic (exact) mass is 263 g/mol. The number of benzene rings is 2. The molecule has 100 valence electrons. The molecule has 0 fully saturated rings. The second-order valence-corrected chi connectivity index (χ2v) is 4.37. The van der Waals surface area contributed by atoms with Crippen molar-refractivity contribution in [3.8, 4) is 5.75 Å². The van der Waals surface area contributed by atoms with Crippen LogP contribution in [0.3, 0.4) is 0 Å². The summed E-state index contributed by atoms with van der Waals surface area (Å²) in [6, 6.07) is 9.01. The Bertz CT molecular complexity index is 564. The zero-order valence-electron chi connectivity index (χ0n) is 10.6. The molecule has 2 aromatic rings. The molecular formula is C15H15F2NO. The van der Waals surface area contributed by atoms with Crippen molar-refractivity contribution in [3.63, 3.8) is 0 Å². The molecule has 0 aliphatic rings. The fourth-order valence-electron chi connectivity index (χ4n) is 1.78. The number of hydrogen-bond donors (Lipinski definition) is 1. The van der Waals surface area contributed by atoms with Gasteiger partial charge in [0.15, 0.2) is 0 Å². The van der Waals surface area contributed by atoms with E-state index in [1.54, 1.807) is 0 Å². The van der Waals surface area contributed by atoms with E-state index in [9.17, 15) is 8.78 Å². The molecule has 0 atom stereocenters. The largest absolute Gasteiger partial charge is 0.489 e. The molecule has 0 bridgehead atoms. The van der Waals surface area contributed by atoms with Crippen molar-refractivity contribution in [3.05, 3.63) is 64.7 Å². The van der Waals surface area contributed by atoms with Crippen LogP contribution in [-0.4, -0.2) is 0 Å². The van der Waals surface area contributed by atoms with Crippen LogP contribution in [0.5, 0.6) is 5.75 Å². The molecule has 2 N–H and O–H groups in total. The van der Waals surface area contributed by atoms with Gasteiger partial charge in [-0.25, -0.2) is 8.78 Å². The highest BCUT2D eigenvalue weighted by molar-refractivity contribution is 5.36. The molecule has 0 aromatic heterocycles. The molecule has 19 heavy (non-hydrogen) atoms. The van der Waals surface area contributed by atoms with E-state index >= 15 is 0 Å². The predicted molar refractivity (Wildman–Crippen MR) is 69.8 cm³/mol. The van der Waals surface area contributed by atoms with E-state index in [-0.39, 0.29) is 6.61 Å². The van der Waals surface area contributed by atoms with Gasteiger partial charge < -0.3 is 10.5 Å². The van der Waals surface area contributed by atoms with E-state index < -0.39 is 11.6 Å². The summed E-state index contributed by atoms with van der Waals surface area (Å²) in [6.07, 6.45) is 0. The first-order chi connectivity index (χ1) is 9.08. The first-order valence-corrected chi connectivity index (χ1v) is 5.96. The third kappa shape index (κ3) is 3.51. The summed E-state index contributed by atoms with van der Waals surface area (Å²) in [7, 11) is 0. The van der Waals surface area contributed by atoms with E-state index in [2.05, 4.69) is 0 Å². The van der Waals surface area contributed by atoms with Gasteiger partial charge in [-0.05, 0) is 41.8 Å². The Kier molecular flexibility index (Phi) is 4.12. The predicted octanol–water partition coefficient (Wildman–Crippen LogP) is 3.31. The lowest BCUT2D eigenvalue weighted by Crippen LogP contribution is -2.01. The number of hydrogen-bond acceptors (Lipinski definition) is 2. The summed E-state index contributed by atoms with van der Waals surface area (Å²) in [5.41, 5.74) is 7.92. The van der Waals surface area contributed by atoms with Crippen LogP contribution in [0.2, 0.25) is 0 Å². The van der Waals surface area contributed by atoms with Crippen molar-refractivity contribution in [2.24, 2.45) is 5.73 Å². The third-order valence-electron chi connectivity index (χ3n) is 2.80. The highest BCUT2D eigenvalue weighted by Gasteiger charge is 2.04. The van der Waals surface area contributed by atoms with E-state index in [0.717, 1.165) is 17.2 Å². The lowest BCUT2D eigenvalue weighted by atomic mass is 10.1. The maximum atomic E-state index is 13.0. The van der Waals surface area contributed by atoms with Crippen molar-refractivity contribution in [2.45, 2.75) is 20.1 Å². The van der Waals surface area contributed by atoms with Crippen LogP contribution < -0.4 is 10.5 Å². The summed E-state index contributed by atoms with van der Waals surface area (Å²) >= 11 is 0. The molecule has 0 spiro atoms. The first kappa shape index (κ1) is 13.5. The van der Waals surface area contributed by atoms with Crippen molar-refractivity contribution in [2.75, 3.05) is 0 Å². The molecule has 0 heterocycles. The van der Waals surface area contributed by atoms with Gasteiger partial charge in [-0.15, -0.1) is 0 Å². The van der Waals surface area contributed by atoms with Gasteiger partial charge in [-0.2, -0.15) is 0 Å². The molecule has 2 rings (SSSR count). The van der Waals surface area contributed by atoms with Gasteiger partial charge in [0.1, 0.15) is 24.0 Å². The van der Waals surface area contributed by atoms with Gasteiger partial charge in [0.25, 0.3) is 0 Å². The van der Waals surface area contributed by atoms with Crippen LogP contribution in [0.4, 0.5) is 8.78 Å². The lowest BCUT2D eigenvalue weighted by Gasteiger charge is -2.11. The zero-order chi connectivity index (χ0) is 13.8. The highest BCUT2D eigenvalue weighted by Crippen LogP contribution is 2.21. The van der Waals surface area contributed by atoms with E-state index in [1.807, 2.05) is 25.1 Å². The third-order valence-corrected chi connectivity index (χ3v) is 2.80. The molecule has 2 aromatic carbocycles. The topological polar surface area (TPSA) is 35.2 Å². The standard InChI is InChI=1S/C15H15F2NO/c1-10-2-3-11(8-18)6-15(10)19-9-12-4-13(16)7-14(17)5-12/h2-7H,8-9,18H2,1H3. The minimum absolute atomic E-state index is 0.115. The van der Waals surface area contributed by atoms with E-state index in [4.69, 9.17) is 10.5 Å². The fraction of sp³-hybridized carbons (Fsp3) is 0.200. The summed E-state index contributed by atoms with van der Waals surface area (Å²) in [5, 5.41) is 0. The van der Waals surface area contributed by atoms with Crippen LogP contribution in [0, 0.1) is 18.6 Å². The highest BCUT2D eigenvalue weighted by atomic mass is 19.1. The Labute approximate surface area is 110 Å². The van der Waals surface area contributed by atoms with Gasteiger partial charge >= 0.3 is 0 Å². The van der Waals surface area contributed by atoms with Crippen molar-refractivity contribution >= 4 is 0 Å². The van der Waals surface area contributed by atoms with Crippen LogP contribution in [-0.2, 0) is 13.2 Å². The molecule has 2 nitrogen and oxygen atoms in total. The lowest BCUT2D eigenvalue weighted by molar-refractivity contribution is 0.302. The van der Waals surface area contributed by atoms with Gasteiger partial charge in [0, 0.05) is 12.6 Å². The average molecular weight is 263 g/mol. The summed E-state index contributed by atoms with van der Waals surface area (Å²) < 4.78 is 31.7. The Morgan fingerprint density at radius 1 is 1.00 bits per heavy atom. The number of halogens is 2. The summed E-state index contributed by atoms with van der Waals surface area (Å²) in [5.74, 6) is -0.537. The molecule has 0 amide bonds. The molecule has 0 aliphatic heterocycles. The zero-order valence-corrected chi connectivity index (χ0v) is 10.6. The molecular weight excluding hydrogens is 248 g/mol. The molecule has 0 unspecified atom stereocenters. The molecule has 0 saturated carbocycles. The second kappa shape index (κ2) is 5.80. The Balaban J connectivity index is 2.13. The number of rotatable bonds is 4. The maximum Gasteiger partial charge on any atom is 0.126 e. The number of ether oxygens (including phenoxy) is 1. The molecule has 0 radical (unpaired) electrons. The maximum absolute atomic E-state index is 13.0. The minimum atomic E-state index is -0.606. The minimum Gasteiger partial charge on any atom is -0.489 e. The Hall–Kier alpha value is -1.94. The number of aryl methyl sites for hydroxylation is 1. The van der Waals surface area contributed by atoms with Crippen molar-refractivity contribution in [1.29, 1.82) is 0 Å². The van der Waals surface area contributed by atoms with Crippen LogP contribution >= 0.6 is 0 Å². The first-order valence-electron chi connectivity index (χ1n) is 5.96. The van der Waals surface area contributed by atoms with Gasteiger partial charge in [-0.3, -0.25) is 0 Å². The smallest absolute Gasteiger partial charge is 0.126 e. The van der Waals surface area contributed by atoms with E-state index in [1.165, 1.54) is 12.1 Å². The van der Waals surface area contributed by atoms with Crippen molar-refractivity contribution in [1.82, 2.24) is 0 Å². The summed E-state index contributed by atoms with van der Waals surface area (Å²) in [6.45, 7) is 2.44. The SMILES string of the molecule is Cc1ccc(CN)cc1OCc1cc(F)cc(F)c1. The molecule has 0 aliphatic carbocycles. The quantitative estimate of drug-likeness (QED) is 0.918. The Morgan fingerprint density at radius 2 is 1.68 bits per heavy atom. The van der Waals surface area contributed by atoms with Crippen molar-refractivity contribution < 1.29 is 13.5 Å². The molecule has 0 saturated heterocycles. The average Bonchev–Trinajstić information content (AvgIpc) is 2.37. The van der Waals surface area contributed by atoms with Crippen LogP contribution in [0.25, 0.3) is 0 Å². The Morgan fingerprint density at radius 3 is 2.32 bits per heavy atom. The van der Waals surface area contributed by atoms with E-state index in [0.29, 0.717) is 17.9 Å². The normalized spacial score (nSPS) is 10.5. The fourth-order valence-corrected chi connectivity index (χ4v) is 1.78. The van der Waals surface area contributed by atoms with Crippen LogP contribution in [0.15, 0.2) is 36.4 Å². The van der Waals surface area contributed by atoms with Gasteiger partial charge in [0.05, 0.1) is 0 Å². The molecule has 4 heteroatoms. The summed E-state index contributed by atoms with van der Waals surface area (Å²) in [4.78, 5) is 0.